The summed E-state index contributed by atoms with van der Waals surface area (Å²) in [6, 6.07) is 0. The molecule has 10 heteroatoms. The first-order chi connectivity index (χ1) is 12.9. The van der Waals surface area contributed by atoms with Crippen molar-refractivity contribution in [3.05, 3.63) is 50.7 Å². The molecule has 144 valence electrons. The van der Waals surface area contributed by atoms with Crippen molar-refractivity contribution >= 4 is 38.1 Å². The van der Waals surface area contributed by atoms with Gasteiger partial charge in [0.25, 0.3) is 0 Å². The molecule has 0 radical (unpaired) electrons. The van der Waals surface area contributed by atoms with Crippen LogP contribution >= 0.6 is 31.9 Å². The first kappa shape index (κ1) is 20.0. The normalized spacial score (nSPS) is 13.7. The quantitative estimate of drug-likeness (QED) is 0.481. The first-order valence-corrected chi connectivity index (χ1v) is 10.0. The molecule has 3 rings (SSSR count). The number of carbonyl (C=O) groups is 1. The predicted molar refractivity (Wildman–Crippen MR) is 106 cm³/mol. The van der Waals surface area contributed by atoms with Crippen LogP contribution in [0.1, 0.15) is 40.9 Å². The van der Waals surface area contributed by atoms with Crippen molar-refractivity contribution in [2.24, 2.45) is 13.0 Å². The van der Waals surface area contributed by atoms with Crippen molar-refractivity contribution in [2.75, 3.05) is 0 Å². The van der Waals surface area contributed by atoms with Gasteiger partial charge in [0.1, 0.15) is 15.3 Å². The smallest absolute Gasteiger partial charge is 0.154 e. The fraction of sp³-hybridized carbons (Fsp3) is 0.412. The molecule has 1 N–H and O–H groups in total. The highest BCUT2D eigenvalue weighted by Gasteiger charge is 2.18. The largest absolute Gasteiger partial charge is 0.383 e. The van der Waals surface area contributed by atoms with Gasteiger partial charge in [-0.1, -0.05) is 6.92 Å². The summed E-state index contributed by atoms with van der Waals surface area (Å²) >= 11 is 6.63. The standard InChI is InChI=1S/C17H20Br2N6O2/c1-11(3-4-24-8-13(10-26)16(18)22-24)6-25-7-12(5-20-25)15(27)14-9-23(2)21-17(14)19/h5,7-11,15,27H,3-4,6H2,1-2H3. The van der Waals surface area contributed by atoms with Crippen LogP contribution in [0.4, 0.5) is 0 Å². The molecular weight excluding hydrogens is 480 g/mol. The van der Waals surface area contributed by atoms with Crippen molar-refractivity contribution in [1.82, 2.24) is 29.3 Å². The van der Waals surface area contributed by atoms with Crippen LogP contribution in [0.2, 0.25) is 0 Å². The van der Waals surface area contributed by atoms with E-state index in [4.69, 9.17) is 0 Å². The summed E-state index contributed by atoms with van der Waals surface area (Å²) in [6.45, 7) is 3.57. The Bertz CT molecular complexity index is 932. The van der Waals surface area contributed by atoms with E-state index in [-0.39, 0.29) is 0 Å². The summed E-state index contributed by atoms with van der Waals surface area (Å²) in [5.41, 5.74) is 1.98. The molecule has 0 aliphatic heterocycles. The van der Waals surface area contributed by atoms with E-state index in [9.17, 15) is 9.90 Å². The van der Waals surface area contributed by atoms with E-state index in [1.54, 1.807) is 28.0 Å². The number of halogens is 2. The summed E-state index contributed by atoms with van der Waals surface area (Å²) < 4.78 is 6.45. The molecule has 8 nitrogen and oxygen atoms in total. The zero-order chi connectivity index (χ0) is 19.6. The van der Waals surface area contributed by atoms with Gasteiger partial charge in [-0.2, -0.15) is 15.3 Å². The zero-order valence-corrected chi connectivity index (χ0v) is 18.1. The molecule has 3 aromatic rings. The molecule has 0 amide bonds. The highest BCUT2D eigenvalue weighted by molar-refractivity contribution is 9.10. The maximum atomic E-state index is 10.9. The van der Waals surface area contributed by atoms with Crippen LogP contribution in [0.15, 0.2) is 34.0 Å². The van der Waals surface area contributed by atoms with Crippen LogP contribution in [0.3, 0.4) is 0 Å². The molecule has 0 saturated heterocycles. The fourth-order valence-corrected chi connectivity index (χ4v) is 3.80. The highest BCUT2D eigenvalue weighted by atomic mass is 79.9. The number of hydrogen-bond acceptors (Lipinski definition) is 5. The molecule has 2 unspecified atom stereocenters. The van der Waals surface area contributed by atoms with E-state index in [1.807, 2.05) is 17.9 Å². The van der Waals surface area contributed by atoms with Crippen LogP contribution in [0.5, 0.6) is 0 Å². The summed E-state index contributed by atoms with van der Waals surface area (Å²) in [7, 11) is 1.81. The molecule has 0 aromatic carbocycles. The van der Waals surface area contributed by atoms with Crippen LogP contribution < -0.4 is 0 Å². The lowest BCUT2D eigenvalue weighted by Gasteiger charge is -2.11. The van der Waals surface area contributed by atoms with Crippen LogP contribution in [0, 0.1) is 5.92 Å². The second kappa shape index (κ2) is 8.49. The topological polar surface area (TPSA) is 90.8 Å². The minimum atomic E-state index is -0.777. The van der Waals surface area contributed by atoms with Gasteiger partial charge in [-0.05, 0) is 44.2 Å². The molecular formula is C17H20Br2N6O2. The predicted octanol–water partition coefficient (Wildman–Crippen LogP) is 2.96. The third-order valence-corrected chi connectivity index (χ3v) is 5.53. The molecule has 0 spiro atoms. The summed E-state index contributed by atoms with van der Waals surface area (Å²) in [5.74, 6) is 0.350. The number of aromatic nitrogens is 6. The monoisotopic (exact) mass is 498 g/mol. The Labute approximate surface area is 173 Å². The molecule has 3 heterocycles. The van der Waals surface area contributed by atoms with Gasteiger partial charge in [0.15, 0.2) is 6.29 Å². The van der Waals surface area contributed by atoms with E-state index in [0.717, 1.165) is 24.8 Å². The van der Waals surface area contributed by atoms with Gasteiger partial charge >= 0.3 is 0 Å². The number of hydrogen-bond donors (Lipinski definition) is 1. The van der Waals surface area contributed by atoms with Gasteiger partial charge in [-0.3, -0.25) is 18.8 Å². The Morgan fingerprint density at radius 3 is 2.59 bits per heavy atom. The maximum Gasteiger partial charge on any atom is 0.154 e. The van der Waals surface area contributed by atoms with Gasteiger partial charge in [-0.15, -0.1) is 0 Å². The Hall–Kier alpha value is -1.78. The SMILES string of the molecule is CC(CCn1cc(C=O)c(Br)n1)Cn1cc(C(O)c2cn(C)nc2Br)cn1. The van der Waals surface area contributed by atoms with Gasteiger partial charge in [0.05, 0.1) is 11.8 Å². The lowest BCUT2D eigenvalue weighted by Crippen LogP contribution is -2.11. The number of aldehydes is 1. The summed E-state index contributed by atoms with van der Waals surface area (Å²) in [6.07, 6.45) is 7.95. The Morgan fingerprint density at radius 1 is 1.19 bits per heavy atom. The van der Waals surface area contributed by atoms with Gasteiger partial charge < -0.3 is 5.11 Å². The second-order valence-corrected chi connectivity index (χ2v) is 8.10. The number of aliphatic hydroxyl groups excluding tert-OH is 1. The average molecular weight is 500 g/mol. The van der Waals surface area contributed by atoms with E-state index in [0.29, 0.717) is 32.8 Å². The molecule has 0 aliphatic carbocycles. The van der Waals surface area contributed by atoms with Gasteiger partial charge in [0, 0.05) is 49.9 Å². The first-order valence-electron chi connectivity index (χ1n) is 8.45. The second-order valence-electron chi connectivity index (χ2n) is 6.60. The average Bonchev–Trinajstić information content (AvgIpc) is 3.31. The number of carbonyl (C=O) groups excluding carboxylic acids is 1. The number of rotatable bonds is 8. The van der Waals surface area contributed by atoms with Crippen molar-refractivity contribution in [3.63, 3.8) is 0 Å². The minimum Gasteiger partial charge on any atom is -0.383 e. The molecule has 0 saturated carbocycles. The van der Waals surface area contributed by atoms with E-state index in [1.165, 1.54) is 0 Å². The Balaban J connectivity index is 1.58. The minimum absolute atomic E-state index is 0.350. The van der Waals surface area contributed by atoms with Crippen LogP contribution in [-0.2, 0) is 20.1 Å². The molecule has 27 heavy (non-hydrogen) atoms. The summed E-state index contributed by atoms with van der Waals surface area (Å²) in [4.78, 5) is 10.9. The molecule has 2 atom stereocenters. The van der Waals surface area contributed by atoms with Gasteiger partial charge in [0.2, 0.25) is 0 Å². The highest BCUT2D eigenvalue weighted by Crippen LogP contribution is 2.27. The third-order valence-electron chi connectivity index (χ3n) is 4.29. The van der Waals surface area contributed by atoms with E-state index >= 15 is 0 Å². The van der Waals surface area contributed by atoms with Crippen molar-refractivity contribution < 1.29 is 9.90 Å². The van der Waals surface area contributed by atoms with E-state index in [2.05, 4.69) is 54.1 Å². The van der Waals surface area contributed by atoms with E-state index < -0.39 is 6.10 Å². The van der Waals surface area contributed by atoms with Gasteiger partial charge in [-0.25, -0.2) is 0 Å². The zero-order valence-electron chi connectivity index (χ0n) is 15.0. The van der Waals surface area contributed by atoms with Crippen molar-refractivity contribution in [3.8, 4) is 0 Å². The molecule has 0 fully saturated rings. The lowest BCUT2D eigenvalue weighted by molar-refractivity contribution is 0.112. The molecule has 0 bridgehead atoms. The Kier molecular flexibility index (Phi) is 6.28. The van der Waals surface area contributed by atoms with Crippen molar-refractivity contribution in [1.29, 1.82) is 0 Å². The third kappa shape index (κ3) is 4.74. The molecule has 3 aromatic heterocycles. The maximum absolute atomic E-state index is 10.9. The fourth-order valence-electron chi connectivity index (χ4n) is 2.83. The number of aryl methyl sites for hydroxylation is 2. The Morgan fingerprint density at radius 2 is 1.96 bits per heavy atom. The van der Waals surface area contributed by atoms with Crippen LogP contribution in [0.25, 0.3) is 0 Å². The number of aliphatic hydroxyl groups is 1. The summed E-state index contributed by atoms with van der Waals surface area (Å²) in [5, 5.41) is 23.4. The van der Waals surface area contributed by atoms with Crippen molar-refractivity contribution in [2.45, 2.75) is 32.5 Å². The lowest BCUT2D eigenvalue weighted by atomic mass is 10.1. The van der Waals surface area contributed by atoms with Crippen LogP contribution in [-0.4, -0.2) is 40.7 Å². The number of nitrogens with zero attached hydrogens (tertiary/aromatic N) is 6. The molecule has 0 aliphatic rings.